The molecule has 2 N–H and O–H groups in total. The number of Topliss-reactive ketones (excluding diaryl/α,β-unsaturated/α-hetero) is 1. The number of amides is 2. The molecule has 286 valence electrons. The lowest BCUT2D eigenvalue weighted by molar-refractivity contribution is -0.157. The van der Waals surface area contributed by atoms with E-state index < -0.39 is 75.9 Å². The van der Waals surface area contributed by atoms with Gasteiger partial charge in [0.15, 0.2) is 0 Å². The molecule has 0 fully saturated rings. The Hall–Kier alpha value is -4.83. The topological polar surface area (TPSA) is 196 Å². The van der Waals surface area contributed by atoms with Gasteiger partial charge in [0.1, 0.15) is 40.2 Å². The fourth-order valence-corrected chi connectivity index (χ4v) is 5.42. The highest BCUT2D eigenvalue weighted by Gasteiger charge is 2.37. The van der Waals surface area contributed by atoms with Crippen LogP contribution < -0.4 is 14.8 Å². The van der Waals surface area contributed by atoms with Crippen LogP contribution in [0.4, 0.5) is 15.3 Å². The molecule has 0 bridgehead atoms. The van der Waals surface area contributed by atoms with Gasteiger partial charge in [-0.3, -0.25) is 14.9 Å². The van der Waals surface area contributed by atoms with E-state index in [1.807, 2.05) is 0 Å². The first-order chi connectivity index (χ1) is 23.6. The van der Waals surface area contributed by atoms with Gasteiger partial charge in [0.2, 0.25) is 0 Å². The predicted octanol–water partition coefficient (Wildman–Crippen LogP) is 6.05. The minimum Gasteiger partial charge on any atom is -0.459 e. The molecule has 0 aliphatic rings. The van der Waals surface area contributed by atoms with Crippen molar-refractivity contribution in [3.05, 3.63) is 59.2 Å². The number of nitrogens with zero attached hydrogens (tertiary/aromatic N) is 2. The number of rotatable bonds is 11. The number of benzene rings is 2. The molecule has 0 unspecified atom stereocenters. The van der Waals surface area contributed by atoms with Crippen molar-refractivity contribution < 1.29 is 51.3 Å². The fraction of sp³-hybridized carbons (Fsp3) is 0.500. The summed E-state index contributed by atoms with van der Waals surface area (Å²) < 4.78 is 51.3. The van der Waals surface area contributed by atoms with Crippen molar-refractivity contribution in [1.29, 1.82) is 0 Å². The summed E-state index contributed by atoms with van der Waals surface area (Å²) in [4.78, 5) is 67.3. The normalized spacial score (nSPS) is 13.0. The number of amidine groups is 1. The fourth-order valence-electron chi connectivity index (χ4n) is 4.21. The van der Waals surface area contributed by atoms with Gasteiger partial charge < -0.3 is 18.9 Å². The van der Waals surface area contributed by atoms with E-state index >= 15 is 0 Å². The number of carbonyl (C=O) groups excluding carboxylic acids is 5. The first kappa shape index (κ1) is 43.3. The molecular weight excluding hydrogens is 696 g/mol. The van der Waals surface area contributed by atoms with Gasteiger partial charge in [-0.2, -0.15) is 17.4 Å². The summed E-state index contributed by atoms with van der Waals surface area (Å²) in [5.41, 5.74) is -1.27. The minimum atomic E-state index is -4.81. The molecule has 0 aliphatic heterocycles. The van der Waals surface area contributed by atoms with Gasteiger partial charge in [-0.25, -0.2) is 19.4 Å². The number of hydrogen-bond donors (Lipinski definition) is 2. The quantitative estimate of drug-likeness (QED) is 0.0893. The zero-order valence-electron chi connectivity index (χ0n) is 31.8. The van der Waals surface area contributed by atoms with Crippen LogP contribution in [0, 0.1) is 6.92 Å². The number of nitrogens with one attached hydrogen (secondary N) is 2. The maximum atomic E-state index is 13.7. The molecule has 16 heteroatoms. The number of ketones is 1. The van der Waals surface area contributed by atoms with E-state index in [0.717, 1.165) is 0 Å². The van der Waals surface area contributed by atoms with Gasteiger partial charge in [0, 0.05) is 6.42 Å². The Balaban J connectivity index is 2.28. The monoisotopic (exact) mass is 746 g/mol. The molecule has 1 atom stereocenters. The zero-order valence-corrected chi connectivity index (χ0v) is 32.6. The van der Waals surface area contributed by atoms with Crippen LogP contribution in [0.2, 0.25) is 0 Å². The predicted molar refractivity (Wildman–Crippen MR) is 193 cm³/mol. The van der Waals surface area contributed by atoms with Gasteiger partial charge >= 0.3 is 34.3 Å². The van der Waals surface area contributed by atoms with Crippen LogP contribution in [0.25, 0.3) is 0 Å². The Morgan fingerprint density at radius 3 is 1.87 bits per heavy atom. The van der Waals surface area contributed by atoms with Crippen molar-refractivity contribution in [1.82, 2.24) is 14.3 Å². The first-order valence-corrected chi connectivity index (χ1v) is 17.8. The Kier molecular flexibility index (Phi) is 14.3. The van der Waals surface area contributed by atoms with Crippen LogP contribution in [0.1, 0.15) is 104 Å². The molecule has 0 aliphatic carbocycles. The number of alkyl carbamates (subject to hydrolysis) is 1. The van der Waals surface area contributed by atoms with Crippen molar-refractivity contribution in [2.24, 2.45) is 4.99 Å². The number of carbonyl (C=O) groups is 5. The number of ether oxygens (including phenoxy) is 4. The number of hydrogen-bond acceptors (Lipinski definition) is 12. The van der Waals surface area contributed by atoms with Crippen molar-refractivity contribution in [2.45, 2.75) is 119 Å². The summed E-state index contributed by atoms with van der Waals surface area (Å²) >= 11 is 0. The number of esters is 2. The Morgan fingerprint density at radius 1 is 0.808 bits per heavy atom. The molecule has 52 heavy (non-hydrogen) atoms. The molecule has 15 nitrogen and oxygen atoms in total. The standard InChI is InChI=1S/C36H50N4O11S/c1-22-19-28(48-30(42)25-13-16-27(17-14-25)37-24(3)38-32(44)50-35(7,8)9)18-15-26(22)21-40(33(45)51-36(10,11)12)52(46,47)39-29(20-23(2)41)31(43)49-34(4,5)6/h13-19,29,39H,20-21H2,1-12H3,(H,37,38,44)/t29-/m0/s1. The molecule has 0 saturated heterocycles. The average Bonchev–Trinajstić information content (AvgIpc) is 2.93. The van der Waals surface area contributed by atoms with E-state index in [-0.39, 0.29) is 17.1 Å². The highest BCUT2D eigenvalue weighted by molar-refractivity contribution is 7.87. The maximum Gasteiger partial charge on any atom is 0.425 e. The second kappa shape index (κ2) is 17.1. The van der Waals surface area contributed by atoms with Crippen LogP contribution in [-0.2, 0) is 40.6 Å². The lowest BCUT2D eigenvalue weighted by Crippen LogP contribution is -2.52. The smallest absolute Gasteiger partial charge is 0.425 e. The third kappa shape index (κ3) is 15.2. The van der Waals surface area contributed by atoms with Gasteiger partial charge in [-0.05, 0) is 131 Å². The van der Waals surface area contributed by atoms with E-state index in [4.69, 9.17) is 18.9 Å². The SMILES string of the molecule is CC(=O)C[C@H](NS(=O)(=O)N(Cc1ccc(OC(=O)c2ccc(N=C(C)NC(=O)OC(C)(C)C)cc2)cc1C)C(=O)OC(C)(C)C)C(=O)OC(C)(C)C. The van der Waals surface area contributed by atoms with E-state index in [1.54, 1.807) is 88.3 Å². The molecule has 2 aromatic carbocycles. The van der Waals surface area contributed by atoms with E-state index in [1.165, 1.54) is 37.3 Å². The van der Waals surface area contributed by atoms with Gasteiger partial charge in [-0.1, -0.05) is 6.07 Å². The Bertz CT molecular complexity index is 1780. The van der Waals surface area contributed by atoms with Crippen LogP contribution in [0.15, 0.2) is 47.5 Å². The third-order valence-electron chi connectivity index (χ3n) is 6.28. The van der Waals surface area contributed by atoms with E-state index in [9.17, 15) is 32.4 Å². The third-order valence-corrected chi connectivity index (χ3v) is 7.72. The van der Waals surface area contributed by atoms with Crippen molar-refractivity contribution in [3.63, 3.8) is 0 Å². The second-order valence-electron chi connectivity index (χ2n) is 15.0. The molecular formula is C36H50N4O11S. The van der Waals surface area contributed by atoms with E-state index in [2.05, 4.69) is 15.0 Å². The highest BCUT2D eigenvalue weighted by atomic mass is 32.2. The summed E-state index contributed by atoms with van der Waals surface area (Å²) in [7, 11) is -4.81. The van der Waals surface area contributed by atoms with Crippen LogP contribution in [0.3, 0.4) is 0 Å². The molecule has 0 aromatic heterocycles. The van der Waals surface area contributed by atoms with Gasteiger partial charge in [0.25, 0.3) is 0 Å². The lowest BCUT2D eigenvalue weighted by Gasteiger charge is -2.29. The Labute approximate surface area is 305 Å². The summed E-state index contributed by atoms with van der Waals surface area (Å²) in [6.45, 7) is 18.5. The van der Waals surface area contributed by atoms with Crippen LogP contribution in [-0.4, -0.2) is 71.3 Å². The minimum absolute atomic E-state index is 0.141. The second-order valence-corrected chi connectivity index (χ2v) is 16.6. The molecule has 0 spiro atoms. The summed E-state index contributed by atoms with van der Waals surface area (Å²) in [6.07, 6.45) is -2.40. The summed E-state index contributed by atoms with van der Waals surface area (Å²) in [5.74, 6) is -1.75. The zero-order chi connectivity index (χ0) is 39.8. The lowest BCUT2D eigenvalue weighted by atomic mass is 10.1. The van der Waals surface area contributed by atoms with Crippen molar-refractivity contribution in [2.75, 3.05) is 0 Å². The molecule has 0 radical (unpaired) electrons. The summed E-state index contributed by atoms with van der Waals surface area (Å²) in [5, 5.41) is 2.53. The average molecular weight is 747 g/mol. The highest BCUT2D eigenvalue weighted by Crippen LogP contribution is 2.24. The van der Waals surface area contributed by atoms with Gasteiger partial charge in [0.05, 0.1) is 17.8 Å². The largest absolute Gasteiger partial charge is 0.459 e. The van der Waals surface area contributed by atoms with Crippen LogP contribution in [0.5, 0.6) is 5.75 Å². The van der Waals surface area contributed by atoms with Gasteiger partial charge in [-0.15, -0.1) is 0 Å². The Morgan fingerprint density at radius 2 is 1.37 bits per heavy atom. The molecule has 0 saturated carbocycles. The van der Waals surface area contributed by atoms with Crippen molar-refractivity contribution >= 4 is 51.6 Å². The molecule has 2 aromatic rings. The van der Waals surface area contributed by atoms with Crippen LogP contribution >= 0.6 is 0 Å². The van der Waals surface area contributed by atoms with Crippen molar-refractivity contribution in [3.8, 4) is 5.75 Å². The molecule has 0 heterocycles. The summed E-state index contributed by atoms with van der Waals surface area (Å²) in [6, 6.07) is 8.90. The first-order valence-electron chi connectivity index (χ1n) is 16.4. The van der Waals surface area contributed by atoms with E-state index in [0.29, 0.717) is 21.1 Å². The number of aliphatic imine (C=N–C) groups is 1. The maximum absolute atomic E-state index is 13.7. The number of aryl methyl sites for hydroxylation is 1. The molecule has 2 rings (SSSR count). The molecule has 2 amide bonds.